The Balaban J connectivity index is 4.61. The Hall–Kier alpha value is -0.650. The second-order valence-electron chi connectivity index (χ2n) is 5.05. The number of carbonyl (C=O) groups excluding carboxylic acids is 1. The fraction of sp³-hybridized carbons (Fsp3) is 0.933. The maximum absolute atomic E-state index is 12.2. The van der Waals surface area contributed by atoms with E-state index in [2.05, 4.69) is 24.1 Å². The van der Waals surface area contributed by atoms with Crippen molar-refractivity contribution in [3.63, 3.8) is 0 Å². The number of carbonyl (C=O) groups is 1. The lowest BCUT2D eigenvalue weighted by atomic mass is 10.0. The molecule has 0 saturated carbocycles. The second kappa shape index (κ2) is 11.1. The quantitative estimate of drug-likeness (QED) is 0.437. The Morgan fingerprint density at radius 3 is 2.40 bits per heavy atom. The van der Waals surface area contributed by atoms with E-state index in [1.807, 2.05) is 20.8 Å². The van der Waals surface area contributed by atoms with Gasteiger partial charge in [0, 0.05) is 19.7 Å². The second-order valence-corrected chi connectivity index (χ2v) is 5.05. The molecule has 120 valence electrons. The standard InChI is InChI=1S/C15H32N2O3/c1-6-10-16-15(5,14(18)20-9-4)13-17(7-2)11-12-19-8-3/h16H,6-13H2,1-5H3. The molecule has 1 unspecified atom stereocenters. The Morgan fingerprint density at radius 1 is 1.20 bits per heavy atom. The molecule has 5 nitrogen and oxygen atoms in total. The maximum atomic E-state index is 12.2. The summed E-state index contributed by atoms with van der Waals surface area (Å²) in [4.78, 5) is 14.4. The summed E-state index contributed by atoms with van der Waals surface area (Å²) in [6.45, 7) is 14.9. The van der Waals surface area contributed by atoms with Gasteiger partial charge in [-0.15, -0.1) is 0 Å². The molecule has 0 spiro atoms. The molecule has 0 fully saturated rings. The molecule has 0 amide bonds. The van der Waals surface area contributed by atoms with Crippen LogP contribution in [-0.4, -0.2) is 62.4 Å². The van der Waals surface area contributed by atoms with Gasteiger partial charge in [-0.05, 0) is 40.3 Å². The first-order valence-electron chi connectivity index (χ1n) is 7.76. The van der Waals surface area contributed by atoms with E-state index in [1.165, 1.54) is 0 Å². The predicted molar refractivity (Wildman–Crippen MR) is 81.9 cm³/mol. The highest BCUT2D eigenvalue weighted by Gasteiger charge is 2.35. The molecule has 20 heavy (non-hydrogen) atoms. The van der Waals surface area contributed by atoms with Gasteiger partial charge in [-0.1, -0.05) is 13.8 Å². The fourth-order valence-corrected chi connectivity index (χ4v) is 2.02. The highest BCUT2D eigenvalue weighted by molar-refractivity contribution is 5.80. The Labute approximate surface area is 124 Å². The minimum Gasteiger partial charge on any atom is -0.465 e. The highest BCUT2D eigenvalue weighted by Crippen LogP contribution is 2.10. The first-order valence-corrected chi connectivity index (χ1v) is 7.76. The maximum Gasteiger partial charge on any atom is 0.327 e. The number of nitrogens with one attached hydrogen (secondary N) is 1. The van der Waals surface area contributed by atoms with E-state index in [0.29, 0.717) is 19.8 Å². The van der Waals surface area contributed by atoms with Gasteiger partial charge in [0.05, 0.1) is 13.2 Å². The summed E-state index contributed by atoms with van der Waals surface area (Å²) in [7, 11) is 0. The molecule has 0 radical (unpaired) electrons. The lowest BCUT2D eigenvalue weighted by Gasteiger charge is -2.34. The van der Waals surface area contributed by atoms with Crippen LogP contribution < -0.4 is 5.32 Å². The number of hydrogen-bond donors (Lipinski definition) is 1. The van der Waals surface area contributed by atoms with E-state index in [9.17, 15) is 4.79 Å². The number of likely N-dealkylation sites (N-methyl/N-ethyl adjacent to an activating group) is 1. The minimum absolute atomic E-state index is 0.177. The third-order valence-electron chi connectivity index (χ3n) is 3.23. The molecule has 1 atom stereocenters. The number of rotatable bonds is 12. The topological polar surface area (TPSA) is 50.8 Å². The van der Waals surface area contributed by atoms with E-state index < -0.39 is 5.54 Å². The summed E-state index contributed by atoms with van der Waals surface area (Å²) in [6.07, 6.45) is 0.986. The SMILES string of the molecule is CCCNC(C)(CN(CC)CCOCC)C(=O)OCC. The molecule has 0 aromatic rings. The first kappa shape index (κ1) is 19.4. The predicted octanol–water partition coefficient (Wildman–Crippen LogP) is 1.67. The fourth-order valence-electron chi connectivity index (χ4n) is 2.02. The third-order valence-corrected chi connectivity index (χ3v) is 3.23. The minimum atomic E-state index is -0.658. The zero-order valence-electron chi connectivity index (χ0n) is 13.8. The van der Waals surface area contributed by atoms with E-state index in [4.69, 9.17) is 9.47 Å². The number of hydrogen-bond acceptors (Lipinski definition) is 5. The number of nitrogens with zero attached hydrogens (tertiary/aromatic N) is 1. The van der Waals surface area contributed by atoms with Gasteiger partial charge in [0.2, 0.25) is 0 Å². The van der Waals surface area contributed by atoms with Crippen molar-refractivity contribution in [2.24, 2.45) is 0 Å². The van der Waals surface area contributed by atoms with Crippen LogP contribution in [0.25, 0.3) is 0 Å². The number of ether oxygens (including phenoxy) is 2. The molecule has 0 aliphatic heterocycles. The zero-order valence-corrected chi connectivity index (χ0v) is 13.8. The van der Waals surface area contributed by atoms with Crippen molar-refractivity contribution >= 4 is 5.97 Å². The summed E-state index contributed by atoms with van der Waals surface area (Å²) in [5, 5.41) is 3.33. The molecule has 0 saturated heterocycles. The van der Waals surface area contributed by atoms with Crippen molar-refractivity contribution in [3.8, 4) is 0 Å². The van der Waals surface area contributed by atoms with Crippen LogP contribution in [-0.2, 0) is 14.3 Å². The first-order chi connectivity index (χ1) is 9.53. The Morgan fingerprint density at radius 2 is 1.90 bits per heavy atom. The number of esters is 1. The lowest BCUT2D eigenvalue weighted by Crippen LogP contribution is -2.58. The van der Waals surface area contributed by atoms with Gasteiger partial charge in [-0.25, -0.2) is 0 Å². The Bertz CT molecular complexity index is 262. The molecule has 0 aromatic heterocycles. The third kappa shape index (κ3) is 7.22. The van der Waals surface area contributed by atoms with Crippen LogP contribution in [0.3, 0.4) is 0 Å². The van der Waals surface area contributed by atoms with Gasteiger partial charge in [0.1, 0.15) is 5.54 Å². The zero-order chi connectivity index (χ0) is 15.4. The van der Waals surface area contributed by atoms with Gasteiger partial charge in [0.25, 0.3) is 0 Å². The van der Waals surface area contributed by atoms with Gasteiger partial charge in [-0.3, -0.25) is 9.69 Å². The van der Waals surface area contributed by atoms with Crippen LogP contribution in [0.5, 0.6) is 0 Å². The Kier molecular flexibility index (Phi) is 10.7. The highest BCUT2D eigenvalue weighted by atomic mass is 16.5. The van der Waals surface area contributed by atoms with Crippen molar-refractivity contribution in [1.29, 1.82) is 0 Å². The van der Waals surface area contributed by atoms with E-state index in [-0.39, 0.29) is 5.97 Å². The van der Waals surface area contributed by atoms with Crippen LogP contribution in [0, 0.1) is 0 Å². The summed E-state index contributed by atoms with van der Waals surface area (Å²) in [5.41, 5.74) is -0.658. The van der Waals surface area contributed by atoms with Crippen LogP contribution in [0.15, 0.2) is 0 Å². The average molecular weight is 288 g/mol. The van der Waals surface area contributed by atoms with Gasteiger partial charge >= 0.3 is 5.97 Å². The van der Waals surface area contributed by atoms with Crippen molar-refractivity contribution in [2.45, 2.75) is 46.6 Å². The van der Waals surface area contributed by atoms with Gasteiger partial charge in [-0.2, -0.15) is 0 Å². The smallest absolute Gasteiger partial charge is 0.327 e. The van der Waals surface area contributed by atoms with Crippen LogP contribution in [0.1, 0.15) is 41.0 Å². The monoisotopic (exact) mass is 288 g/mol. The molecule has 0 bridgehead atoms. The molecule has 0 aliphatic rings. The molecule has 0 aromatic carbocycles. The summed E-state index contributed by atoms with van der Waals surface area (Å²) >= 11 is 0. The lowest BCUT2D eigenvalue weighted by molar-refractivity contribution is -0.151. The summed E-state index contributed by atoms with van der Waals surface area (Å²) < 4.78 is 10.6. The van der Waals surface area contributed by atoms with Crippen molar-refractivity contribution in [2.75, 3.05) is 46.0 Å². The van der Waals surface area contributed by atoms with Crippen LogP contribution in [0.2, 0.25) is 0 Å². The molecule has 1 N–H and O–H groups in total. The van der Waals surface area contributed by atoms with E-state index >= 15 is 0 Å². The van der Waals surface area contributed by atoms with E-state index in [0.717, 1.165) is 32.7 Å². The molecule has 0 aliphatic carbocycles. The van der Waals surface area contributed by atoms with Crippen LogP contribution >= 0.6 is 0 Å². The van der Waals surface area contributed by atoms with E-state index in [1.54, 1.807) is 0 Å². The largest absolute Gasteiger partial charge is 0.465 e. The summed E-state index contributed by atoms with van der Waals surface area (Å²) in [6, 6.07) is 0. The van der Waals surface area contributed by atoms with Crippen molar-refractivity contribution in [3.05, 3.63) is 0 Å². The molecule has 5 heteroatoms. The molecule has 0 rings (SSSR count). The summed E-state index contributed by atoms with van der Waals surface area (Å²) in [5.74, 6) is -0.177. The van der Waals surface area contributed by atoms with Gasteiger partial charge in [0.15, 0.2) is 0 Å². The molecular formula is C15H32N2O3. The molecular weight excluding hydrogens is 256 g/mol. The van der Waals surface area contributed by atoms with Crippen molar-refractivity contribution in [1.82, 2.24) is 10.2 Å². The normalized spacial score (nSPS) is 14.3. The van der Waals surface area contributed by atoms with Crippen LogP contribution in [0.4, 0.5) is 0 Å². The molecule has 0 heterocycles. The average Bonchev–Trinajstić information content (AvgIpc) is 2.44. The van der Waals surface area contributed by atoms with Crippen molar-refractivity contribution < 1.29 is 14.3 Å². The van der Waals surface area contributed by atoms with Gasteiger partial charge < -0.3 is 14.8 Å².